The van der Waals surface area contributed by atoms with Crippen molar-refractivity contribution in [1.82, 2.24) is 19.8 Å². The number of aromatic nitrogens is 2. The maximum absolute atomic E-state index is 14.5. The van der Waals surface area contributed by atoms with Crippen LogP contribution in [-0.4, -0.2) is 50.8 Å². The molecule has 1 aromatic carbocycles. The molecule has 0 spiro atoms. The third-order valence-electron chi connectivity index (χ3n) is 6.38. The zero-order valence-electron chi connectivity index (χ0n) is 17.8. The summed E-state index contributed by atoms with van der Waals surface area (Å²) in [5.74, 6) is -0.0210. The van der Waals surface area contributed by atoms with Crippen molar-refractivity contribution < 1.29 is 9.18 Å². The number of hydrogen-bond acceptors (Lipinski definition) is 6. The zero-order valence-corrected chi connectivity index (χ0v) is 20.0. The number of anilines is 3. The Morgan fingerprint density at radius 3 is 2.88 bits per heavy atom. The number of amides is 1. The van der Waals surface area contributed by atoms with Crippen molar-refractivity contribution >= 4 is 46.2 Å². The maximum atomic E-state index is 14.5. The molecular weight excluding hydrogens is 522 g/mol. The van der Waals surface area contributed by atoms with Crippen LogP contribution < -0.4 is 8.43 Å². The Morgan fingerprint density at radius 2 is 2.09 bits per heavy atom. The third-order valence-corrected chi connectivity index (χ3v) is 7.37. The molecule has 7 nitrogen and oxygen atoms in total. The molecular formula is C23H26FIN6O. The van der Waals surface area contributed by atoms with E-state index in [9.17, 15) is 9.18 Å². The first-order valence-electron chi connectivity index (χ1n) is 11.0. The Balaban J connectivity index is 1.31. The standard InChI is InChI=1S/C23H26FIN6O/c1-2-21(32)29-9-3-4-17(14-29)27-22-20(24)11-26-23(28-22)31(25)19-6-5-15-12-30(18-7-8-18)13-16(15)10-19/h2,5-6,10-11,17-18H,1,3-4,7-9,12-14H2,(H,26,27,28)/t17-/m1/s1. The number of carbonyl (C=O) groups is 1. The zero-order chi connectivity index (χ0) is 22.2. The van der Waals surface area contributed by atoms with Crippen molar-refractivity contribution in [2.24, 2.45) is 0 Å². The number of likely N-dealkylation sites (tertiary alicyclic amines) is 1. The van der Waals surface area contributed by atoms with Gasteiger partial charge in [0.05, 0.1) is 34.7 Å². The summed E-state index contributed by atoms with van der Waals surface area (Å²) >= 11 is 2.17. The lowest BCUT2D eigenvalue weighted by atomic mass is 10.1. The summed E-state index contributed by atoms with van der Waals surface area (Å²) in [7, 11) is 0. The van der Waals surface area contributed by atoms with Gasteiger partial charge in [0.2, 0.25) is 11.9 Å². The quantitative estimate of drug-likeness (QED) is 0.332. The topological polar surface area (TPSA) is 64.6 Å². The van der Waals surface area contributed by atoms with Crippen LogP contribution in [0.25, 0.3) is 0 Å². The molecule has 1 N–H and O–H groups in total. The first-order valence-corrected chi connectivity index (χ1v) is 12.0. The lowest BCUT2D eigenvalue weighted by molar-refractivity contribution is -0.127. The van der Waals surface area contributed by atoms with E-state index in [2.05, 4.69) is 67.8 Å². The monoisotopic (exact) mass is 548 g/mol. The number of piperidine rings is 1. The highest BCUT2D eigenvalue weighted by Crippen LogP contribution is 2.37. The smallest absolute Gasteiger partial charge is 0.246 e. The van der Waals surface area contributed by atoms with Crippen molar-refractivity contribution in [2.75, 3.05) is 21.5 Å². The number of nitrogens with zero attached hydrogens (tertiary/aromatic N) is 5. The van der Waals surface area contributed by atoms with Crippen molar-refractivity contribution in [3.63, 3.8) is 0 Å². The van der Waals surface area contributed by atoms with Gasteiger partial charge in [-0.25, -0.2) is 9.37 Å². The Hall–Kier alpha value is -2.27. The molecule has 2 fully saturated rings. The van der Waals surface area contributed by atoms with E-state index in [1.807, 2.05) is 3.11 Å². The fourth-order valence-corrected chi connectivity index (χ4v) is 5.05. The molecule has 3 aliphatic rings. The summed E-state index contributed by atoms with van der Waals surface area (Å²) in [6, 6.07) is 7.11. The molecule has 1 atom stereocenters. The number of halogens is 2. The van der Waals surface area contributed by atoms with E-state index in [4.69, 9.17) is 0 Å². The summed E-state index contributed by atoms with van der Waals surface area (Å²) in [6.45, 7) is 6.75. The molecule has 168 valence electrons. The minimum atomic E-state index is -0.500. The van der Waals surface area contributed by atoms with Gasteiger partial charge in [0.25, 0.3) is 0 Å². The first-order chi connectivity index (χ1) is 15.5. The van der Waals surface area contributed by atoms with E-state index in [0.29, 0.717) is 19.0 Å². The molecule has 1 aliphatic carbocycles. The van der Waals surface area contributed by atoms with Crippen molar-refractivity contribution in [3.05, 3.63) is 54.0 Å². The highest BCUT2D eigenvalue weighted by Gasteiger charge is 2.33. The van der Waals surface area contributed by atoms with E-state index >= 15 is 0 Å². The van der Waals surface area contributed by atoms with Crippen LogP contribution in [0.15, 0.2) is 37.1 Å². The summed E-state index contributed by atoms with van der Waals surface area (Å²) in [5, 5.41) is 3.18. The molecule has 1 saturated carbocycles. The average molecular weight is 548 g/mol. The predicted molar refractivity (Wildman–Crippen MR) is 130 cm³/mol. The van der Waals surface area contributed by atoms with Crippen LogP contribution in [0.2, 0.25) is 0 Å². The molecule has 0 unspecified atom stereocenters. The van der Waals surface area contributed by atoms with Crippen LogP contribution >= 0.6 is 22.9 Å². The van der Waals surface area contributed by atoms with E-state index < -0.39 is 5.82 Å². The normalized spacial score (nSPS) is 20.7. The summed E-state index contributed by atoms with van der Waals surface area (Å²) in [5.41, 5.74) is 3.69. The third kappa shape index (κ3) is 4.45. The molecule has 0 radical (unpaired) electrons. The fourth-order valence-electron chi connectivity index (χ4n) is 4.51. The molecule has 2 aliphatic heterocycles. The lowest BCUT2D eigenvalue weighted by Gasteiger charge is -2.32. The molecule has 1 amide bonds. The maximum Gasteiger partial charge on any atom is 0.246 e. The molecule has 9 heteroatoms. The molecule has 1 aromatic heterocycles. The SMILES string of the molecule is C=CC(=O)N1CCC[C@@H](Nc2nc(N(I)c3ccc4c(c3)CN(C3CC3)C4)ncc2F)C1. The van der Waals surface area contributed by atoms with E-state index in [1.165, 1.54) is 36.2 Å². The molecule has 3 heterocycles. The van der Waals surface area contributed by atoms with Gasteiger partial charge in [-0.1, -0.05) is 12.6 Å². The highest BCUT2D eigenvalue weighted by atomic mass is 127. The number of hydrogen-bond donors (Lipinski definition) is 1. The molecule has 32 heavy (non-hydrogen) atoms. The van der Waals surface area contributed by atoms with Gasteiger partial charge < -0.3 is 10.2 Å². The molecule has 2 aromatic rings. The van der Waals surface area contributed by atoms with Gasteiger partial charge in [-0.3, -0.25) is 12.8 Å². The van der Waals surface area contributed by atoms with Crippen LogP contribution in [0.3, 0.4) is 0 Å². The number of fused-ring (bicyclic) bond motifs is 1. The Bertz CT molecular complexity index is 1050. The molecule has 5 rings (SSSR count). The van der Waals surface area contributed by atoms with Crippen molar-refractivity contribution in [3.8, 4) is 0 Å². The van der Waals surface area contributed by atoms with Crippen LogP contribution in [-0.2, 0) is 17.9 Å². The van der Waals surface area contributed by atoms with Gasteiger partial charge in [0.15, 0.2) is 11.6 Å². The number of nitrogens with one attached hydrogen (secondary N) is 1. The predicted octanol–water partition coefficient (Wildman–Crippen LogP) is 4.17. The highest BCUT2D eigenvalue weighted by molar-refractivity contribution is 14.1. The van der Waals surface area contributed by atoms with Crippen LogP contribution in [0.4, 0.5) is 21.8 Å². The van der Waals surface area contributed by atoms with Gasteiger partial charge in [-0.15, -0.1) is 0 Å². The van der Waals surface area contributed by atoms with E-state index in [-0.39, 0.29) is 17.8 Å². The average Bonchev–Trinajstić information content (AvgIpc) is 3.58. The van der Waals surface area contributed by atoms with Gasteiger partial charge >= 0.3 is 0 Å². The van der Waals surface area contributed by atoms with Crippen molar-refractivity contribution in [2.45, 2.75) is 50.9 Å². The molecule has 1 saturated heterocycles. The molecule has 0 bridgehead atoms. The number of rotatable bonds is 6. The Labute approximate surface area is 201 Å². The second kappa shape index (κ2) is 8.93. The van der Waals surface area contributed by atoms with Gasteiger partial charge in [0.1, 0.15) is 0 Å². The minimum absolute atomic E-state index is 0.0686. The Morgan fingerprint density at radius 1 is 1.28 bits per heavy atom. The second-order valence-electron chi connectivity index (χ2n) is 8.71. The van der Waals surface area contributed by atoms with Crippen LogP contribution in [0.5, 0.6) is 0 Å². The fraction of sp³-hybridized carbons (Fsp3) is 0.435. The summed E-state index contributed by atoms with van der Waals surface area (Å²) in [4.78, 5) is 24.9. The first kappa shape index (κ1) is 21.6. The summed E-state index contributed by atoms with van der Waals surface area (Å²) < 4.78 is 16.4. The number of carbonyl (C=O) groups excluding carboxylic acids is 1. The minimum Gasteiger partial charge on any atom is -0.363 e. The summed E-state index contributed by atoms with van der Waals surface area (Å²) in [6.07, 6.45) is 6.82. The van der Waals surface area contributed by atoms with Crippen molar-refractivity contribution in [1.29, 1.82) is 0 Å². The second-order valence-corrected chi connectivity index (χ2v) is 9.67. The largest absolute Gasteiger partial charge is 0.363 e. The van der Waals surface area contributed by atoms with E-state index in [0.717, 1.165) is 37.7 Å². The lowest BCUT2D eigenvalue weighted by Crippen LogP contribution is -2.44. The van der Waals surface area contributed by atoms with Gasteiger partial charge in [-0.05, 0) is 55.0 Å². The number of benzene rings is 1. The van der Waals surface area contributed by atoms with Crippen LogP contribution in [0, 0.1) is 5.82 Å². The van der Waals surface area contributed by atoms with Crippen LogP contribution in [0.1, 0.15) is 36.8 Å². The Kier molecular flexibility index (Phi) is 6.02. The van der Waals surface area contributed by atoms with Gasteiger partial charge in [0, 0.05) is 38.3 Å². The van der Waals surface area contributed by atoms with Gasteiger partial charge in [-0.2, -0.15) is 4.98 Å². The van der Waals surface area contributed by atoms with E-state index in [1.54, 1.807) is 4.90 Å².